The summed E-state index contributed by atoms with van der Waals surface area (Å²) in [6, 6.07) is 8.43. The van der Waals surface area contributed by atoms with Crippen molar-refractivity contribution in [3.05, 3.63) is 33.4 Å². The fourth-order valence-corrected chi connectivity index (χ4v) is 2.34. The standard InChI is InChI=1S/C13H17IO/c1-9(11-4-5-11)13(15)8-10-2-6-12(14)7-3-10/h2-3,6-7,9,11,13,15H,4-5,8H2,1H3. The molecule has 1 aliphatic rings. The highest BCUT2D eigenvalue weighted by Gasteiger charge is 2.32. The molecular formula is C13H17IO. The number of halogens is 1. The van der Waals surface area contributed by atoms with Crippen LogP contribution in [-0.2, 0) is 6.42 Å². The highest BCUT2D eigenvalue weighted by molar-refractivity contribution is 14.1. The normalized spacial score (nSPS) is 19.9. The minimum atomic E-state index is -0.169. The van der Waals surface area contributed by atoms with E-state index in [2.05, 4.69) is 53.8 Å². The Bertz CT molecular complexity index is 316. The van der Waals surface area contributed by atoms with Gasteiger partial charge in [0.25, 0.3) is 0 Å². The molecule has 1 aromatic carbocycles. The number of benzene rings is 1. The molecule has 0 saturated heterocycles. The summed E-state index contributed by atoms with van der Waals surface area (Å²) in [6.07, 6.45) is 3.25. The highest BCUT2D eigenvalue weighted by Crippen LogP contribution is 2.38. The molecule has 1 saturated carbocycles. The smallest absolute Gasteiger partial charge is 0.0608 e. The molecule has 0 aromatic heterocycles. The Labute approximate surface area is 105 Å². The van der Waals surface area contributed by atoms with Crippen LogP contribution in [0.1, 0.15) is 25.3 Å². The molecule has 1 nitrogen and oxygen atoms in total. The van der Waals surface area contributed by atoms with E-state index in [0.717, 1.165) is 12.3 Å². The van der Waals surface area contributed by atoms with Gasteiger partial charge >= 0.3 is 0 Å². The minimum Gasteiger partial charge on any atom is -0.392 e. The predicted molar refractivity (Wildman–Crippen MR) is 70.8 cm³/mol. The van der Waals surface area contributed by atoms with Crippen molar-refractivity contribution in [2.45, 2.75) is 32.3 Å². The molecule has 1 aliphatic carbocycles. The van der Waals surface area contributed by atoms with Crippen LogP contribution in [0, 0.1) is 15.4 Å². The monoisotopic (exact) mass is 316 g/mol. The summed E-state index contributed by atoms with van der Waals surface area (Å²) in [5.74, 6) is 1.24. The van der Waals surface area contributed by atoms with E-state index in [1.807, 2.05) is 0 Å². The van der Waals surface area contributed by atoms with Crippen molar-refractivity contribution >= 4 is 22.6 Å². The number of aliphatic hydroxyl groups is 1. The molecule has 2 heteroatoms. The SMILES string of the molecule is CC(C(O)Cc1ccc(I)cc1)C1CC1. The first-order valence-corrected chi connectivity index (χ1v) is 6.67. The summed E-state index contributed by atoms with van der Waals surface area (Å²) >= 11 is 2.30. The molecule has 1 fully saturated rings. The molecule has 82 valence electrons. The van der Waals surface area contributed by atoms with Crippen molar-refractivity contribution in [1.29, 1.82) is 0 Å². The third kappa shape index (κ3) is 3.18. The second-order valence-corrected chi connectivity index (χ2v) is 5.84. The van der Waals surface area contributed by atoms with Gasteiger partial charge in [-0.1, -0.05) is 19.1 Å². The van der Waals surface area contributed by atoms with Gasteiger partial charge in [0, 0.05) is 3.57 Å². The van der Waals surface area contributed by atoms with E-state index in [0.29, 0.717) is 5.92 Å². The molecule has 0 radical (unpaired) electrons. The Morgan fingerprint density at radius 1 is 1.33 bits per heavy atom. The van der Waals surface area contributed by atoms with Gasteiger partial charge in [0.05, 0.1) is 6.10 Å². The number of hydrogen-bond acceptors (Lipinski definition) is 1. The molecular weight excluding hydrogens is 299 g/mol. The van der Waals surface area contributed by atoms with Crippen LogP contribution in [0.15, 0.2) is 24.3 Å². The second kappa shape index (κ2) is 4.83. The molecule has 15 heavy (non-hydrogen) atoms. The third-order valence-corrected chi connectivity index (χ3v) is 4.05. The molecule has 1 N–H and O–H groups in total. The summed E-state index contributed by atoms with van der Waals surface area (Å²) in [5.41, 5.74) is 1.25. The third-order valence-electron chi connectivity index (χ3n) is 3.33. The molecule has 0 bridgehead atoms. The largest absolute Gasteiger partial charge is 0.392 e. The quantitative estimate of drug-likeness (QED) is 0.846. The fraction of sp³-hybridized carbons (Fsp3) is 0.538. The van der Waals surface area contributed by atoms with E-state index in [1.54, 1.807) is 0 Å². The average molecular weight is 316 g/mol. The lowest BCUT2D eigenvalue weighted by Crippen LogP contribution is -2.21. The average Bonchev–Trinajstić information content (AvgIpc) is 3.04. The lowest BCUT2D eigenvalue weighted by atomic mass is 9.94. The molecule has 1 aromatic rings. The van der Waals surface area contributed by atoms with Crippen LogP contribution in [0.4, 0.5) is 0 Å². The van der Waals surface area contributed by atoms with Gasteiger partial charge in [-0.05, 0) is 71.4 Å². The summed E-state index contributed by atoms with van der Waals surface area (Å²) in [4.78, 5) is 0. The number of rotatable bonds is 4. The number of hydrogen-bond donors (Lipinski definition) is 1. The van der Waals surface area contributed by atoms with Gasteiger partial charge in [-0.3, -0.25) is 0 Å². The Morgan fingerprint density at radius 3 is 2.47 bits per heavy atom. The maximum Gasteiger partial charge on any atom is 0.0608 e. The Morgan fingerprint density at radius 2 is 1.93 bits per heavy atom. The van der Waals surface area contributed by atoms with E-state index in [9.17, 15) is 5.11 Å². The van der Waals surface area contributed by atoms with Crippen molar-refractivity contribution in [2.75, 3.05) is 0 Å². The van der Waals surface area contributed by atoms with Gasteiger partial charge in [-0.2, -0.15) is 0 Å². The summed E-state index contributed by atoms with van der Waals surface area (Å²) in [7, 11) is 0. The maximum absolute atomic E-state index is 10.0. The number of aliphatic hydroxyl groups excluding tert-OH is 1. The first-order valence-electron chi connectivity index (χ1n) is 5.59. The Hall–Kier alpha value is -0.0900. The zero-order valence-corrected chi connectivity index (χ0v) is 11.1. The van der Waals surface area contributed by atoms with Gasteiger partial charge in [-0.15, -0.1) is 0 Å². The zero-order chi connectivity index (χ0) is 10.8. The fourth-order valence-electron chi connectivity index (χ4n) is 1.98. The van der Waals surface area contributed by atoms with Gasteiger partial charge in [0.15, 0.2) is 0 Å². The molecule has 0 amide bonds. The van der Waals surface area contributed by atoms with Crippen molar-refractivity contribution in [2.24, 2.45) is 11.8 Å². The topological polar surface area (TPSA) is 20.2 Å². The van der Waals surface area contributed by atoms with Crippen LogP contribution in [0.3, 0.4) is 0 Å². The van der Waals surface area contributed by atoms with E-state index in [4.69, 9.17) is 0 Å². The van der Waals surface area contributed by atoms with E-state index in [1.165, 1.54) is 22.0 Å². The molecule has 0 aliphatic heterocycles. The molecule has 0 heterocycles. The minimum absolute atomic E-state index is 0.169. The van der Waals surface area contributed by atoms with E-state index < -0.39 is 0 Å². The molecule has 2 atom stereocenters. The van der Waals surface area contributed by atoms with Crippen molar-refractivity contribution in [3.63, 3.8) is 0 Å². The van der Waals surface area contributed by atoms with Crippen molar-refractivity contribution < 1.29 is 5.11 Å². The lowest BCUT2D eigenvalue weighted by molar-refractivity contribution is 0.105. The Kier molecular flexibility index (Phi) is 3.67. The van der Waals surface area contributed by atoms with E-state index >= 15 is 0 Å². The van der Waals surface area contributed by atoms with Gasteiger partial charge < -0.3 is 5.11 Å². The molecule has 2 unspecified atom stereocenters. The summed E-state index contributed by atoms with van der Waals surface area (Å²) in [6.45, 7) is 2.18. The van der Waals surface area contributed by atoms with Crippen LogP contribution in [0.2, 0.25) is 0 Å². The summed E-state index contributed by atoms with van der Waals surface area (Å²) in [5, 5.41) is 10.0. The van der Waals surface area contributed by atoms with Gasteiger partial charge in [0.2, 0.25) is 0 Å². The van der Waals surface area contributed by atoms with Crippen LogP contribution in [0.5, 0.6) is 0 Å². The van der Waals surface area contributed by atoms with Gasteiger partial charge in [0.1, 0.15) is 0 Å². The first kappa shape index (κ1) is 11.4. The molecule has 0 spiro atoms. The predicted octanol–water partition coefficient (Wildman–Crippen LogP) is 3.24. The van der Waals surface area contributed by atoms with Crippen LogP contribution < -0.4 is 0 Å². The van der Waals surface area contributed by atoms with Crippen molar-refractivity contribution in [3.8, 4) is 0 Å². The lowest BCUT2D eigenvalue weighted by Gasteiger charge is -2.18. The van der Waals surface area contributed by atoms with E-state index in [-0.39, 0.29) is 6.10 Å². The van der Waals surface area contributed by atoms with Crippen LogP contribution >= 0.6 is 22.6 Å². The summed E-state index contributed by atoms with van der Waals surface area (Å²) < 4.78 is 1.25. The maximum atomic E-state index is 10.0. The molecule has 2 rings (SSSR count). The zero-order valence-electron chi connectivity index (χ0n) is 8.99. The van der Waals surface area contributed by atoms with Crippen LogP contribution in [0.25, 0.3) is 0 Å². The van der Waals surface area contributed by atoms with Crippen LogP contribution in [-0.4, -0.2) is 11.2 Å². The second-order valence-electron chi connectivity index (χ2n) is 4.59. The first-order chi connectivity index (χ1) is 7.16. The Balaban J connectivity index is 1.92. The van der Waals surface area contributed by atoms with Crippen molar-refractivity contribution in [1.82, 2.24) is 0 Å². The van der Waals surface area contributed by atoms with Gasteiger partial charge in [-0.25, -0.2) is 0 Å². The highest BCUT2D eigenvalue weighted by atomic mass is 127.